The van der Waals surface area contributed by atoms with Crippen LogP contribution in [0.3, 0.4) is 0 Å². The normalized spacial score (nSPS) is 11.3. The van der Waals surface area contributed by atoms with Crippen molar-refractivity contribution in [1.29, 1.82) is 0 Å². The number of hydrogen-bond acceptors (Lipinski definition) is 5. The Hall–Kier alpha value is -2.67. The number of carbonyl (C=O) groups is 3. The van der Waals surface area contributed by atoms with Crippen LogP contribution in [0.15, 0.2) is 53.0 Å². The zero-order valence-corrected chi connectivity index (χ0v) is 15.0. The number of amides is 1. The van der Waals surface area contributed by atoms with Crippen molar-refractivity contribution in [2.45, 2.75) is 13.0 Å². The summed E-state index contributed by atoms with van der Waals surface area (Å²) in [5.74, 6) is -0.688. The summed E-state index contributed by atoms with van der Waals surface area (Å²) in [5, 5.41) is 2.65. The second kappa shape index (κ2) is 8.98. The fourth-order valence-electron chi connectivity index (χ4n) is 1.88. The van der Waals surface area contributed by atoms with Gasteiger partial charge in [0.25, 0.3) is 5.91 Å². The summed E-state index contributed by atoms with van der Waals surface area (Å²) < 4.78 is 11.1. The first-order valence-electron chi connectivity index (χ1n) is 7.42. The molecule has 0 bridgehead atoms. The Morgan fingerprint density at radius 1 is 1.20 bits per heavy atom. The van der Waals surface area contributed by atoms with Crippen molar-refractivity contribution < 1.29 is 23.9 Å². The maximum atomic E-state index is 12.0. The van der Waals surface area contributed by atoms with Crippen molar-refractivity contribution >= 4 is 39.8 Å². The Morgan fingerprint density at radius 3 is 2.56 bits per heavy atom. The molecule has 0 saturated carbocycles. The third kappa shape index (κ3) is 6.04. The molecular weight excluding hydrogens is 390 g/mol. The first kappa shape index (κ1) is 18.7. The molecule has 0 fully saturated rings. The average Bonchev–Trinajstić information content (AvgIpc) is 2.60. The SMILES string of the molecule is C[C@H](OC(=O)COc1ccc(C=O)cc1)C(=O)Nc1cccc(Br)c1. The van der Waals surface area contributed by atoms with E-state index in [0.717, 1.165) is 4.47 Å². The van der Waals surface area contributed by atoms with E-state index in [1.54, 1.807) is 42.5 Å². The lowest BCUT2D eigenvalue weighted by Crippen LogP contribution is -2.31. The molecule has 2 aromatic carbocycles. The van der Waals surface area contributed by atoms with E-state index in [1.807, 2.05) is 6.07 Å². The fraction of sp³-hybridized carbons (Fsp3) is 0.167. The van der Waals surface area contributed by atoms with Gasteiger partial charge < -0.3 is 14.8 Å². The monoisotopic (exact) mass is 405 g/mol. The standard InChI is InChI=1S/C18H16BrNO5/c1-12(18(23)20-15-4-2-3-14(19)9-15)25-17(22)11-24-16-7-5-13(10-21)6-8-16/h2-10,12H,11H2,1H3,(H,20,23)/t12-/m0/s1. The molecule has 1 N–H and O–H groups in total. The van der Waals surface area contributed by atoms with Crippen LogP contribution in [0.5, 0.6) is 5.75 Å². The van der Waals surface area contributed by atoms with Gasteiger partial charge in [-0.15, -0.1) is 0 Å². The molecule has 0 unspecified atom stereocenters. The summed E-state index contributed by atoms with van der Waals surface area (Å²) in [6.45, 7) is 1.14. The van der Waals surface area contributed by atoms with E-state index in [1.165, 1.54) is 6.92 Å². The van der Waals surface area contributed by atoms with Crippen LogP contribution in [-0.2, 0) is 14.3 Å². The average molecular weight is 406 g/mol. The molecule has 25 heavy (non-hydrogen) atoms. The second-order valence-corrected chi connectivity index (χ2v) is 6.02. The molecule has 2 aromatic rings. The summed E-state index contributed by atoms with van der Waals surface area (Å²) >= 11 is 3.31. The number of aldehydes is 1. The summed E-state index contributed by atoms with van der Waals surface area (Å²) in [6, 6.07) is 13.4. The van der Waals surface area contributed by atoms with E-state index in [4.69, 9.17) is 9.47 Å². The number of hydrogen-bond donors (Lipinski definition) is 1. The zero-order chi connectivity index (χ0) is 18.2. The van der Waals surface area contributed by atoms with E-state index in [0.29, 0.717) is 23.3 Å². The zero-order valence-electron chi connectivity index (χ0n) is 13.4. The summed E-state index contributed by atoms with van der Waals surface area (Å²) in [5.41, 5.74) is 1.10. The van der Waals surface area contributed by atoms with Gasteiger partial charge in [0.15, 0.2) is 12.7 Å². The van der Waals surface area contributed by atoms with E-state index in [2.05, 4.69) is 21.2 Å². The van der Waals surface area contributed by atoms with Crippen molar-refractivity contribution in [3.8, 4) is 5.75 Å². The van der Waals surface area contributed by atoms with E-state index in [-0.39, 0.29) is 6.61 Å². The van der Waals surface area contributed by atoms with Crippen LogP contribution in [0.1, 0.15) is 17.3 Å². The lowest BCUT2D eigenvalue weighted by atomic mass is 10.2. The van der Waals surface area contributed by atoms with Crippen LogP contribution in [0.4, 0.5) is 5.69 Å². The smallest absolute Gasteiger partial charge is 0.344 e. The van der Waals surface area contributed by atoms with Crippen molar-refractivity contribution in [2.75, 3.05) is 11.9 Å². The van der Waals surface area contributed by atoms with Crippen LogP contribution in [0.2, 0.25) is 0 Å². The van der Waals surface area contributed by atoms with Gasteiger partial charge in [-0.25, -0.2) is 4.79 Å². The van der Waals surface area contributed by atoms with E-state index in [9.17, 15) is 14.4 Å². The van der Waals surface area contributed by atoms with Gasteiger partial charge in [-0.3, -0.25) is 9.59 Å². The lowest BCUT2D eigenvalue weighted by molar-refractivity contribution is -0.155. The fourth-order valence-corrected chi connectivity index (χ4v) is 2.28. The maximum absolute atomic E-state index is 12.0. The summed E-state index contributed by atoms with van der Waals surface area (Å²) in [7, 11) is 0. The Morgan fingerprint density at radius 2 is 1.92 bits per heavy atom. The highest BCUT2D eigenvalue weighted by atomic mass is 79.9. The summed E-state index contributed by atoms with van der Waals surface area (Å²) in [6.07, 6.45) is -0.253. The molecule has 0 aliphatic heterocycles. The number of nitrogens with one attached hydrogen (secondary N) is 1. The van der Waals surface area contributed by atoms with Gasteiger partial charge >= 0.3 is 5.97 Å². The number of rotatable bonds is 7. The number of carbonyl (C=O) groups excluding carboxylic acids is 3. The van der Waals surface area contributed by atoms with Gasteiger partial charge in [-0.05, 0) is 49.4 Å². The highest BCUT2D eigenvalue weighted by molar-refractivity contribution is 9.10. The number of ether oxygens (including phenoxy) is 2. The number of esters is 1. The first-order valence-corrected chi connectivity index (χ1v) is 8.21. The third-order valence-corrected chi connectivity index (χ3v) is 3.64. The Bertz CT molecular complexity index is 760. The molecular formula is C18H16BrNO5. The highest BCUT2D eigenvalue weighted by Gasteiger charge is 2.18. The molecule has 6 nitrogen and oxygen atoms in total. The predicted molar refractivity (Wildman–Crippen MR) is 95.7 cm³/mol. The van der Waals surface area contributed by atoms with Crippen molar-refractivity contribution in [3.63, 3.8) is 0 Å². The second-order valence-electron chi connectivity index (χ2n) is 5.11. The van der Waals surface area contributed by atoms with Gasteiger partial charge in [0, 0.05) is 15.7 Å². The van der Waals surface area contributed by atoms with Gasteiger partial charge in [0.1, 0.15) is 12.0 Å². The van der Waals surface area contributed by atoms with Crippen LogP contribution in [0, 0.1) is 0 Å². The molecule has 130 valence electrons. The van der Waals surface area contributed by atoms with Gasteiger partial charge in [-0.2, -0.15) is 0 Å². The summed E-state index contributed by atoms with van der Waals surface area (Å²) in [4.78, 5) is 34.4. The molecule has 2 rings (SSSR count). The molecule has 1 amide bonds. The number of halogens is 1. The van der Waals surface area contributed by atoms with Crippen LogP contribution >= 0.6 is 15.9 Å². The molecule has 0 heterocycles. The molecule has 1 atom stereocenters. The minimum Gasteiger partial charge on any atom is -0.482 e. The van der Waals surface area contributed by atoms with Crippen LogP contribution < -0.4 is 10.1 Å². The number of benzene rings is 2. The van der Waals surface area contributed by atoms with Crippen LogP contribution in [-0.4, -0.2) is 30.9 Å². The Labute approximate surface area is 153 Å². The van der Waals surface area contributed by atoms with Crippen LogP contribution in [0.25, 0.3) is 0 Å². The van der Waals surface area contributed by atoms with E-state index >= 15 is 0 Å². The molecule has 0 aliphatic carbocycles. The van der Waals surface area contributed by atoms with Crippen molar-refractivity contribution in [3.05, 3.63) is 58.6 Å². The molecule has 0 spiro atoms. The minimum atomic E-state index is -0.965. The molecule has 7 heteroatoms. The quantitative estimate of drug-likeness (QED) is 0.564. The lowest BCUT2D eigenvalue weighted by Gasteiger charge is -2.14. The van der Waals surface area contributed by atoms with E-state index < -0.39 is 18.0 Å². The largest absolute Gasteiger partial charge is 0.482 e. The number of anilines is 1. The topological polar surface area (TPSA) is 81.7 Å². The Kier molecular flexibility index (Phi) is 6.71. The highest BCUT2D eigenvalue weighted by Crippen LogP contribution is 2.16. The van der Waals surface area contributed by atoms with Gasteiger partial charge in [0.05, 0.1) is 0 Å². The van der Waals surface area contributed by atoms with Crippen molar-refractivity contribution in [1.82, 2.24) is 0 Å². The van der Waals surface area contributed by atoms with Crippen molar-refractivity contribution in [2.24, 2.45) is 0 Å². The molecule has 0 radical (unpaired) electrons. The maximum Gasteiger partial charge on any atom is 0.344 e. The third-order valence-electron chi connectivity index (χ3n) is 3.14. The van der Waals surface area contributed by atoms with Gasteiger partial charge in [-0.1, -0.05) is 22.0 Å². The molecule has 0 saturated heterocycles. The predicted octanol–water partition coefficient (Wildman–Crippen LogP) is 3.21. The van der Waals surface area contributed by atoms with Gasteiger partial charge in [0.2, 0.25) is 0 Å². The Balaban J connectivity index is 1.80. The molecule has 0 aromatic heterocycles. The first-order chi connectivity index (χ1) is 12.0. The molecule has 0 aliphatic rings. The minimum absolute atomic E-state index is 0.338.